The molecule has 0 saturated carbocycles. The van der Waals surface area contributed by atoms with Crippen molar-refractivity contribution in [3.05, 3.63) is 71.4 Å². The molecule has 4 nitrogen and oxygen atoms in total. The largest absolute Gasteiger partial charge is 0.495 e. The molecule has 0 atom stereocenters. The maximum atomic E-state index is 12.5. The number of methoxy groups -OCH3 is 1. The minimum absolute atomic E-state index is 0.248. The van der Waals surface area contributed by atoms with Crippen molar-refractivity contribution in [1.29, 1.82) is 0 Å². The van der Waals surface area contributed by atoms with E-state index < -0.39 is 0 Å². The summed E-state index contributed by atoms with van der Waals surface area (Å²) in [6.45, 7) is 0. The molecule has 4 rings (SSSR count). The molecular weight excluding hydrogens is 338 g/mol. The minimum Gasteiger partial charge on any atom is -0.495 e. The summed E-state index contributed by atoms with van der Waals surface area (Å²) in [6.07, 6.45) is 0. The number of fused-ring (bicyclic) bond motifs is 3. The molecule has 3 aromatic carbocycles. The van der Waals surface area contributed by atoms with E-state index in [0.29, 0.717) is 22.0 Å². The second-order valence-electron chi connectivity index (χ2n) is 5.61. The highest BCUT2D eigenvalue weighted by molar-refractivity contribution is 6.32. The predicted molar refractivity (Wildman–Crippen MR) is 99.7 cm³/mol. The molecule has 5 heteroatoms. The van der Waals surface area contributed by atoms with Crippen molar-refractivity contribution in [1.82, 2.24) is 0 Å². The molecule has 0 aliphatic carbocycles. The quantitative estimate of drug-likeness (QED) is 0.530. The Kier molecular flexibility index (Phi) is 3.82. The normalized spacial score (nSPS) is 11.0. The van der Waals surface area contributed by atoms with Crippen LogP contribution in [0.15, 0.2) is 65.1 Å². The summed E-state index contributed by atoms with van der Waals surface area (Å²) in [6, 6.07) is 18.7. The third kappa shape index (κ3) is 2.81. The molecule has 25 heavy (non-hydrogen) atoms. The molecule has 0 aliphatic rings. The first-order valence-corrected chi connectivity index (χ1v) is 8.10. The molecule has 0 fully saturated rings. The summed E-state index contributed by atoms with van der Waals surface area (Å²) in [7, 11) is 1.54. The predicted octanol–water partition coefficient (Wildman–Crippen LogP) is 5.50. The topological polar surface area (TPSA) is 51.5 Å². The van der Waals surface area contributed by atoms with Gasteiger partial charge in [0, 0.05) is 11.1 Å². The minimum atomic E-state index is -0.332. The van der Waals surface area contributed by atoms with E-state index in [1.54, 1.807) is 24.3 Å². The molecule has 4 aromatic rings. The van der Waals surface area contributed by atoms with Gasteiger partial charge in [0.15, 0.2) is 5.76 Å². The molecule has 0 saturated heterocycles. The van der Waals surface area contributed by atoms with Crippen molar-refractivity contribution >= 4 is 44.9 Å². The van der Waals surface area contributed by atoms with Crippen LogP contribution in [0.3, 0.4) is 0 Å². The van der Waals surface area contributed by atoms with Gasteiger partial charge in [-0.25, -0.2) is 0 Å². The fourth-order valence-electron chi connectivity index (χ4n) is 2.84. The number of carbonyl (C=O) groups is 1. The lowest BCUT2D eigenvalue weighted by Gasteiger charge is -2.06. The van der Waals surface area contributed by atoms with E-state index in [0.717, 1.165) is 16.2 Å². The maximum Gasteiger partial charge on any atom is 0.291 e. The van der Waals surface area contributed by atoms with Gasteiger partial charge in [0.2, 0.25) is 0 Å². The van der Waals surface area contributed by atoms with E-state index in [2.05, 4.69) is 5.32 Å². The van der Waals surface area contributed by atoms with E-state index in [1.165, 1.54) is 7.11 Å². The zero-order valence-corrected chi connectivity index (χ0v) is 14.1. The number of ether oxygens (including phenoxy) is 1. The highest BCUT2D eigenvalue weighted by Crippen LogP contribution is 2.30. The summed E-state index contributed by atoms with van der Waals surface area (Å²) in [5.41, 5.74) is 1.25. The average Bonchev–Trinajstić information content (AvgIpc) is 3.07. The molecule has 1 aromatic heterocycles. The SMILES string of the molecule is COc1ccc(NC(=O)c2cc3c(ccc4ccccc43)o2)cc1Cl. The molecular formula is C20H14ClNO3. The molecule has 0 spiro atoms. The van der Waals surface area contributed by atoms with Crippen molar-refractivity contribution < 1.29 is 13.9 Å². The van der Waals surface area contributed by atoms with Crippen LogP contribution in [-0.2, 0) is 0 Å². The van der Waals surface area contributed by atoms with Crippen molar-refractivity contribution in [2.75, 3.05) is 12.4 Å². The second kappa shape index (κ2) is 6.15. The van der Waals surface area contributed by atoms with Crippen LogP contribution in [0, 0.1) is 0 Å². The van der Waals surface area contributed by atoms with Gasteiger partial charge in [-0.15, -0.1) is 0 Å². The van der Waals surface area contributed by atoms with E-state index in [-0.39, 0.29) is 11.7 Å². The first-order chi connectivity index (χ1) is 12.2. The summed E-state index contributed by atoms with van der Waals surface area (Å²) in [5, 5.41) is 6.28. The number of anilines is 1. The van der Waals surface area contributed by atoms with E-state index in [9.17, 15) is 4.79 Å². The van der Waals surface area contributed by atoms with Crippen molar-refractivity contribution in [3.8, 4) is 5.75 Å². The average molecular weight is 352 g/mol. The Balaban J connectivity index is 1.68. The monoisotopic (exact) mass is 351 g/mol. The zero-order valence-electron chi connectivity index (χ0n) is 13.4. The molecule has 124 valence electrons. The number of amides is 1. The Labute approximate surface area is 149 Å². The summed E-state index contributed by atoms with van der Waals surface area (Å²) >= 11 is 6.09. The number of rotatable bonds is 3. The third-order valence-electron chi connectivity index (χ3n) is 4.06. The lowest BCUT2D eigenvalue weighted by Crippen LogP contribution is -2.10. The van der Waals surface area contributed by atoms with Crippen LogP contribution >= 0.6 is 11.6 Å². The number of nitrogens with one attached hydrogen (secondary N) is 1. The fourth-order valence-corrected chi connectivity index (χ4v) is 3.10. The smallest absolute Gasteiger partial charge is 0.291 e. The lowest BCUT2D eigenvalue weighted by atomic mass is 10.1. The van der Waals surface area contributed by atoms with Crippen LogP contribution < -0.4 is 10.1 Å². The van der Waals surface area contributed by atoms with E-state index in [4.69, 9.17) is 20.8 Å². The first kappa shape index (κ1) is 15.5. The Morgan fingerprint density at radius 2 is 1.88 bits per heavy atom. The summed E-state index contributed by atoms with van der Waals surface area (Å²) < 4.78 is 10.8. The van der Waals surface area contributed by atoms with E-state index in [1.807, 2.05) is 36.4 Å². The second-order valence-corrected chi connectivity index (χ2v) is 6.02. The van der Waals surface area contributed by atoms with Crippen molar-refractivity contribution in [2.45, 2.75) is 0 Å². The van der Waals surface area contributed by atoms with Crippen LogP contribution in [0.5, 0.6) is 5.75 Å². The molecule has 0 aliphatic heterocycles. The number of benzene rings is 3. The standard InChI is InChI=1S/C20H14ClNO3/c1-24-18-9-7-13(10-16(18)21)22-20(23)19-11-15-14-5-3-2-4-12(14)6-8-17(15)25-19/h2-11H,1H3,(H,22,23). The molecule has 0 bridgehead atoms. The summed E-state index contributed by atoms with van der Waals surface area (Å²) in [5.74, 6) is 0.467. The van der Waals surface area contributed by atoms with Crippen molar-refractivity contribution in [2.24, 2.45) is 0 Å². The van der Waals surface area contributed by atoms with E-state index >= 15 is 0 Å². The highest BCUT2D eigenvalue weighted by atomic mass is 35.5. The van der Waals surface area contributed by atoms with Crippen LogP contribution in [-0.4, -0.2) is 13.0 Å². The van der Waals surface area contributed by atoms with Crippen molar-refractivity contribution in [3.63, 3.8) is 0 Å². The first-order valence-electron chi connectivity index (χ1n) is 7.72. The number of carbonyl (C=O) groups excluding carboxylic acids is 1. The maximum absolute atomic E-state index is 12.5. The van der Waals surface area contributed by atoms with Gasteiger partial charge >= 0.3 is 0 Å². The van der Waals surface area contributed by atoms with Crippen LogP contribution in [0.1, 0.15) is 10.6 Å². The Hall–Kier alpha value is -2.98. The third-order valence-corrected chi connectivity index (χ3v) is 4.35. The van der Waals surface area contributed by atoms with Gasteiger partial charge in [0.1, 0.15) is 11.3 Å². The molecule has 1 amide bonds. The van der Waals surface area contributed by atoms with Crippen LogP contribution in [0.2, 0.25) is 5.02 Å². The zero-order chi connectivity index (χ0) is 17.4. The van der Waals surface area contributed by atoms with Gasteiger partial charge in [-0.05, 0) is 41.1 Å². The molecule has 0 radical (unpaired) electrons. The molecule has 1 heterocycles. The van der Waals surface area contributed by atoms with Crippen LogP contribution in [0.25, 0.3) is 21.7 Å². The Morgan fingerprint density at radius 3 is 2.68 bits per heavy atom. The van der Waals surface area contributed by atoms with Gasteiger partial charge in [0.25, 0.3) is 5.91 Å². The van der Waals surface area contributed by atoms with Gasteiger partial charge in [0.05, 0.1) is 12.1 Å². The van der Waals surface area contributed by atoms with Gasteiger partial charge in [-0.3, -0.25) is 4.79 Å². The van der Waals surface area contributed by atoms with Gasteiger partial charge in [-0.1, -0.05) is 41.9 Å². The summed E-state index contributed by atoms with van der Waals surface area (Å²) in [4.78, 5) is 12.5. The number of hydrogen-bond acceptors (Lipinski definition) is 3. The van der Waals surface area contributed by atoms with Gasteiger partial charge < -0.3 is 14.5 Å². The Morgan fingerprint density at radius 1 is 1.04 bits per heavy atom. The Bertz CT molecular complexity index is 1100. The molecule has 1 N–H and O–H groups in total. The number of furan rings is 1. The number of halogens is 1. The molecule has 0 unspecified atom stereocenters. The highest BCUT2D eigenvalue weighted by Gasteiger charge is 2.14. The fraction of sp³-hybridized carbons (Fsp3) is 0.0500. The number of hydrogen-bond donors (Lipinski definition) is 1. The van der Waals surface area contributed by atoms with Crippen LogP contribution in [0.4, 0.5) is 5.69 Å². The van der Waals surface area contributed by atoms with Gasteiger partial charge in [-0.2, -0.15) is 0 Å². The lowest BCUT2D eigenvalue weighted by molar-refractivity contribution is 0.0998.